The first-order valence-electron chi connectivity index (χ1n) is 8.93. The highest BCUT2D eigenvalue weighted by atomic mass is 16.3. The van der Waals surface area contributed by atoms with Gasteiger partial charge in [-0.25, -0.2) is 9.97 Å². The van der Waals surface area contributed by atoms with E-state index in [2.05, 4.69) is 22.1 Å². The van der Waals surface area contributed by atoms with Crippen LogP contribution >= 0.6 is 0 Å². The van der Waals surface area contributed by atoms with Crippen molar-refractivity contribution in [2.75, 3.05) is 13.1 Å². The Labute approximate surface area is 148 Å². The number of carbonyl (C=O) groups excluding carboxylic acids is 1. The zero-order chi connectivity index (χ0) is 17.6. The van der Waals surface area contributed by atoms with Crippen LogP contribution in [0, 0.1) is 12.8 Å². The van der Waals surface area contributed by atoms with Crippen molar-refractivity contribution in [2.45, 2.75) is 38.7 Å². The molecule has 3 rings (SSSR count). The highest BCUT2D eigenvalue weighted by Crippen LogP contribution is 2.24. The van der Waals surface area contributed by atoms with Gasteiger partial charge in [-0.05, 0) is 44.1 Å². The van der Waals surface area contributed by atoms with Crippen molar-refractivity contribution < 1.29 is 9.90 Å². The molecule has 1 aliphatic heterocycles. The number of aromatic nitrogens is 2. The number of benzene rings is 1. The summed E-state index contributed by atoms with van der Waals surface area (Å²) in [5.74, 6) is 0.260. The molecule has 0 radical (unpaired) electrons. The summed E-state index contributed by atoms with van der Waals surface area (Å²) in [4.78, 5) is 22.5. The minimum atomic E-state index is -0.306. The van der Waals surface area contributed by atoms with Crippen LogP contribution in [0.4, 0.5) is 0 Å². The Morgan fingerprint density at radius 3 is 2.68 bits per heavy atom. The monoisotopic (exact) mass is 339 g/mol. The smallest absolute Gasteiger partial charge is 0.257 e. The molecule has 0 bridgehead atoms. The zero-order valence-electron chi connectivity index (χ0n) is 14.6. The molecule has 0 aliphatic carbocycles. The lowest BCUT2D eigenvalue weighted by atomic mass is 9.88. The van der Waals surface area contributed by atoms with Gasteiger partial charge in [0.2, 0.25) is 0 Å². The quantitative estimate of drug-likeness (QED) is 0.909. The molecule has 1 aliphatic rings. The summed E-state index contributed by atoms with van der Waals surface area (Å²) in [7, 11) is 0. The molecular formula is C20H25N3O2. The lowest BCUT2D eigenvalue weighted by Gasteiger charge is -2.34. The molecule has 2 heterocycles. The molecule has 25 heavy (non-hydrogen) atoms. The van der Waals surface area contributed by atoms with E-state index in [1.807, 2.05) is 30.0 Å². The standard InChI is InChI=1S/C20H25N3O2/c1-15-18(13-21-14-22-15)20(25)23-11-9-17(10-12-23)19(24)8-7-16-5-3-2-4-6-16/h2-6,13-14,17,19,24H,7-12H2,1H3. The van der Waals surface area contributed by atoms with Crippen LogP contribution in [0.5, 0.6) is 0 Å². The van der Waals surface area contributed by atoms with Gasteiger partial charge in [-0.1, -0.05) is 30.3 Å². The Balaban J connectivity index is 1.49. The summed E-state index contributed by atoms with van der Waals surface area (Å²) in [6, 6.07) is 10.3. The summed E-state index contributed by atoms with van der Waals surface area (Å²) in [6.07, 6.45) is 6.09. The third-order valence-corrected chi connectivity index (χ3v) is 5.08. The minimum absolute atomic E-state index is 0.00433. The van der Waals surface area contributed by atoms with E-state index >= 15 is 0 Å². The van der Waals surface area contributed by atoms with Crippen molar-refractivity contribution in [3.63, 3.8) is 0 Å². The summed E-state index contributed by atoms with van der Waals surface area (Å²) in [6.45, 7) is 3.19. The van der Waals surface area contributed by atoms with E-state index in [-0.39, 0.29) is 17.9 Å². The minimum Gasteiger partial charge on any atom is -0.393 e. The summed E-state index contributed by atoms with van der Waals surface area (Å²) in [5, 5.41) is 10.5. The van der Waals surface area contributed by atoms with E-state index in [0.29, 0.717) is 24.3 Å². The Bertz CT molecular complexity index is 697. The van der Waals surface area contributed by atoms with E-state index in [9.17, 15) is 9.90 Å². The summed E-state index contributed by atoms with van der Waals surface area (Å²) < 4.78 is 0. The molecule has 1 saturated heterocycles. The second-order valence-electron chi connectivity index (χ2n) is 6.74. The number of aliphatic hydroxyl groups is 1. The van der Waals surface area contributed by atoms with Crippen LogP contribution in [-0.4, -0.2) is 45.1 Å². The first-order valence-corrected chi connectivity index (χ1v) is 8.93. The molecule has 1 N–H and O–H groups in total. The normalized spacial score (nSPS) is 16.6. The van der Waals surface area contributed by atoms with Crippen molar-refractivity contribution in [2.24, 2.45) is 5.92 Å². The second kappa shape index (κ2) is 8.21. The van der Waals surface area contributed by atoms with Crippen LogP contribution in [0.3, 0.4) is 0 Å². The molecule has 1 fully saturated rings. The van der Waals surface area contributed by atoms with Crippen LogP contribution in [0.1, 0.15) is 40.9 Å². The maximum Gasteiger partial charge on any atom is 0.257 e. The van der Waals surface area contributed by atoms with Gasteiger partial charge in [-0.15, -0.1) is 0 Å². The van der Waals surface area contributed by atoms with Crippen molar-refractivity contribution in [3.8, 4) is 0 Å². The summed E-state index contributed by atoms with van der Waals surface area (Å²) >= 11 is 0. The maximum absolute atomic E-state index is 12.6. The lowest BCUT2D eigenvalue weighted by molar-refractivity contribution is 0.0436. The molecule has 1 atom stereocenters. The third kappa shape index (κ3) is 4.42. The van der Waals surface area contributed by atoms with Crippen LogP contribution in [0.2, 0.25) is 0 Å². The predicted molar refractivity (Wildman–Crippen MR) is 96.2 cm³/mol. The van der Waals surface area contributed by atoms with E-state index in [1.165, 1.54) is 11.9 Å². The molecule has 1 unspecified atom stereocenters. The van der Waals surface area contributed by atoms with Gasteiger partial charge in [0, 0.05) is 19.3 Å². The number of aryl methyl sites for hydroxylation is 2. The molecule has 5 nitrogen and oxygen atoms in total. The van der Waals surface area contributed by atoms with E-state index < -0.39 is 0 Å². The number of hydrogen-bond acceptors (Lipinski definition) is 4. The SMILES string of the molecule is Cc1ncncc1C(=O)N1CCC(C(O)CCc2ccccc2)CC1. The fourth-order valence-corrected chi connectivity index (χ4v) is 3.45. The Morgan fingerprint density at radius 2 is 2.00 bits per heavy atom. The van der Waals surface area contributed by atoms with Gasteiger partial charge < -0.3 is 10.0 Å². The predicted octanol–water partition coefficient (Wildman–Crippen LogP) is 2.63. The molecule has 2 aromatic rings. The Hall–Kier alpha value is -2.27. The molecule has 132 valence electrons. The van der Waals surface area contributed by atoms with Crippen LogP contribution in [0.25, 0.3) is 0 Å². The van der Waals surface area contributed by atoms with Gasteiger partial charge in [0.05, 0.1) is 17.4 Å². The first-order chi connectivity index (χ1) is 12.1. The molecule has 1 amide bonds. The number of carbonyl (C=O) groups is 1. The van der Waals surface area contributed by atoms with Gasteiger partial charge in [-0.2, -0.15) is 0 Å². The molecule has 0 saturated carbocycles. The Morgan fingerprint density at radius 1 is 1.28 bits per heavy atom. The number of likely N-dealkylation sites (tertiary alicyclic amines) is 1. The van der Waals surface area contributed by atoms with Crippen LogP contribution in [-0.2, 0) is 6.42 Å². The average Bonchev–Trinajstić information content (AvgIpc) is 2.67. The third-order valence-electron chi connectivity index (χ3n) is 5.08. The van der Waals surface area contributed by atoms with Crippen molar-refractivity contribution >= 4 is 5.91 Å². The van der Waals surface area contributed by atoms with Crippen molar-refractivity contribution in [3.05, 3.63) is 59.7 Å². The fourth-order valence-electron chi connectivity index (χ4n) is 3.45. The average molecular weight is 339 g/mol. The van der Waals surface area contributed by atoms with Gasteiger partial charge in [0.15, 0.2) is 0 Å². The Kier molecular flexibility index (Phi) is 5.76. The zero-order valence-corrected chi connectivity index (χ0v) is 14.6. The van der Waals surface area contributed by atoms with Gasteiger partial charge in [0.25, 0.3) is 5.91 Å². The molecule has 0 spiro atoms. The molecule has 5 heteroatoms. The number of rotatable bonds is 5. The van der Waals surface area contributed by atoms with Gasteiger partial charge >= 0.3 is 0 Å². The molecule has 1 aromatic heterocycles. The van der Waals surface area contributed by atoms with Crippen molar-refractivity contribution in [1.29, 1.82) is 0 Å². The van der Waals surface area contributed by atoms with Gasteiger partial charge in [0.1, 0.15) is 6.33 Å². The van der Waals surface area contributed by atoms with E-state index in [4.69, 9.17) is 0 Å². The number of piperidine rings is 1. The molecule has 1 aromatic carbocycles. The van der Waals surface area contributed by atoms with Crippen LogP contribution in [0.15, 0.2) is 42.9 Å². The van der Waals surface area contributed by atoms with Crippen LogP contribution < -0.4 is 0 Å². The highest BCUT2D eigenvalue weighted by molar-refractivity contribution is 5.94. The number of hydrogen-bond donors (Lipinski definition) is 1. The number of nitrogens with zero attached hydrogens (tertiary/aromatic N) is 3. The van der Waals surface area contributed by atoms with Gasteiger partial charge in [-0.3, -0.25) is 4.79 Å². The molecular weight excluding hydrogens is 314 g/mol. The summed E-state index contributed by atoms with van der Waals surface area (Å²) in [5.41, 5.74) is 2.55. The topological polar surface area (TPSA) is 66.3 Å². The van der Waals surface area contributed by atoms with E-state index in [1.54, 1.807) is 6.20 Å². The largest absolute Gasteiger partial charge is 0.393 e. The second-order valence-corrected chi connectivity index (χ2v) is 6.74. The highest BCUT2D eigenvalue weighted by Gasteiger charge is 2.28. The first kappa shape index (κ1) is 17.5. The fraction of sp³-hybridized carbons (Fsp3) is 0.450. The lowest BCUT2D eigenvalue weighted by Crippen LogP contribution is -2.41. The van der Waals surface area contributed by atoms with Crippen molar-refractivity contribution in [1.82, 2.24) is 14.9 Å². The van der Waals surface area contributed by atoms with E-state index in [0.717, 1.165) is 25.7 Å². The number of amides is 1. The number of aliphatic hydroxyl groups excluding tert-OH is 1. The maximum atomic E-state index is 12.6.